The van der Waals surface area contributed by atoms with E-state index in [0.717, 1.165) is 36.7 Å². The van der Waals surface area contributed by atoms with Gasteiger partial charge >= 0.3 is 5.69 Å². The van der Waals surface area contributed by atoms with Crippen LogP contribution in [-0.4, -0.2) is 62.9 Å². The lowest BCUT2D eigenvalue weighted by Gasteiger charge is -2.40. The monoisotopic (exact) mass is 363 g/mol. The normalized spacial score (nSPS) is 17.2. The Hall–Kier alpha value is -1.23. The fourth-order valence-corrected chi connectivity index (χ4v) is 4.32. The number of rotatable bonds is 6. The third-order valence-electron chi connectivity index (χ3n) is 3.80. The molecule has 1 aliphatic heterocycles. The average Bonchev–Trinajstić information content (AvgIpc) is 2.91. The Kier molecular flexibility index (Phi) is 5.29. The van der Waals surface area contributed by atoms with Gasteiger partial charge in [-0.1, -0.05) is 11.3 Å². The first-order valence-corrected chi connectivity index (χ1v) is 9.87. The number of hydrogen-bond donors (Lipinski definition) is 1. The van der Waals surface area contributed by atoms with Crippen LogP contribution in [0.25, 0.3) is 0 Å². The topological polar surface area (TPSA) is 102 Å². The van der Waals surface area contributed by atoms with Gasteiger partial charge < -0.3 is 10.1 Å². The van der Waals surface area contributed by atoms with Crippen LogP contribution in [0.1, 0.15) is 13.8 Å². The summed E-state index contributed by atoms with van der Waals surface area (Å²) in [5, 5.41) is 14.5. The molecule has 10 heteroatoms. The molecule has 0 spiro atoms. The highest BCUT2D eigenvalue weighted by atomic mass is 32.2. The molecule has 0 amide bonds. The lowest BCUT2D eigenvalue weighted by Crippen LogP contribution is -2.53. The highest BCUT2D eigenvalue weighted by molar-refractivity contribution is 7.92. The van der Waals surface area contributed by atoms with Crippen molar-refractivity contribution in [1.82, 2.24) is 4.90 Å². The van der Waals surface area contributed by atoms with Crippen LogP contribution in [0.15, 0.2) is 10.3 Å². The Bertz CT molecular complexity index is 678. The van der Waals surface area contributed by atoms with Crippen LogP contribution >= 0.6 is 11.3 Å². The van der Waals surface area contributed by atoms with E-state index in [1.807, 2.05) is 13.8 Å². The zero-order valence-electron chi connectivity index (χ0n) is 13.4. The predicted octanol–water partition coefficient (Wildman–Crippen LogP) is 1.58. The summed E-state index contributed by atoms with van der Waals surface area (Å²) < 4.78 is 28.5. The maximum Gasteiger partial charge on any atom is 0.304 e. The smallest absolute Gasteiger partial charge is 0.304 e. The summed E-state index contributed by atoms with van der Waals surface area (Å²) in [6.07, 6.45) is 1.05. The summed E-state index contributed by atoms with van der Waals surface area (Å²) in [5.41, 5.74) is -0.430. The minimum absolute atomic E-state index is 0.00382. The quantitative estimate of drug-likeness (QED) is 0.605. The average molecular weight is 363 g/mol. The molecule has 8 nitrogen and oxygen atoms in total. The third-order valence-corrected chi connectivity index (χ3v) is 6.68. The molecule has 0 aliphatic carbocycles. The number of hydrogen-bond acceptors (Lipinski definition) is 8. The first-order chi connectivity index (χ1) is 10.6. The molecule has 2 rings (SSSR count). The highest BCUT2D eigenvalue weighted by Gasteiger charge is 2.30. The second-order valence-electron chi connectivity index (χ2n) is 6.07. The van der Waals surface area contributed by atoms with Crippen molar-refractivity contribution in [1.29, 1.82) is 0 Å². The molecule has 0 radical (unpaired) electrons. The molecule has 130 valence electrons. The summed E-state index contributed by atoms with van der Waals surface area (Å²) in [5.74, 6) is 0. The van der Waals surface area contributed by atoms with Crippen LogP contribution in [0.5, 0.6) is 0 Å². The molecule has 2 heterocycles. The Labute approximate surface area is 139 Å². The Morgan fingerprint density at radius 1 is 1.43 bits per heavy atom. The first-order valence-electron chi connectivity index (χ1n) is 7.16. The molecule has 23 heavy (non-hydrogen) atoms. The molecule has 1 saturated heterocycles. The van der Waals surface area contributed by atoms with Crippen LogP contribution in [0.4, 0.5) is 10.7 Å². The number of morpholine rings is 1. The molecule has 0 unspecified atom stereocenters. The van der Waals surface area contributed by atoms with Gasteiger partial charge in [0.15, 0.2) is 14.8 Å². The fraction of sp³-hybridized carbons (Fsp3) is 0.692. The van der Waals surface area contributed by atoms with Crippen molar-refractivity contribution in [2.75, 3.05) is 44.4 Å². The van der Waals surface area contributed by atoms with E-state index >= 15 is 0 Å². The summed E-state index contributed by atoms with van der Waals surface area (Å²) in [4.78, 5) is 12.8. The number of thiophene rings is 1. The van der Waals surface area contributed by atoms with E-state index in [1.54, 1.807) is 0 Å². The Morgan fingerprint density at radius 3 is 2.57 bits per heavy atom. The Balaban J connectivity index is 2.16. The minimum atomic E-state index is -3.47. The second-order valence-corrected chi connectivity index (χ2v) is 9.37. The van der Waals surface area contributed by atoms with Crippen LogP contribution < -0.4 is 5.32 Å². The fourth-order valence-electron chi connectivity index (χ4n) is 2.38. The van der Waals surface area contributed by atoms with Gasteiger partial charge in [0.25, 0.3) is 0 Å². The molecule has 1 aromatic rings. The molecule has 0 atom stereocenters. The van der Waals surface area contributed by atoms with Crippen molar-refractivity contribution in [3.63, 3.8) is 0 Å². The largest absolute Gasteiger partial charge is 0.379 e. The van der Waals surface area contributed by atoms with E-state index in [1.165, 1.54) is 0 Å². The molecule has 1 N–H and O–H groups in total. The molecule has 1 aromatic heterocycles. The number of nitrogens with zero attached hydrogens (tertiary/aromatic N) is 2. The number of ether oxygens (including phenoxy) is 1. The van der Waals surface area contributed by atoms with Crippen LogP contribution in [0.2, 0.25) is 0 Å². The predicted molar refractivity (Wildman–Crippen MR) is 89.0 cm³/mol. The summed E-state index contributed by atoms with van der Waals surface area (Å²) >= 11 is 0.898. The Morgan fingerprint density at radius 2 is 2.04 bits per heavy atom. The van der Waals surface area contributed by atoms with Gasteiger partial charge in [-0.3, -0.25) is 15.0 Å². The van der Waals surface area contributed by atoms with Gasteiger partial charge in [0.2, 0.25) is 0 Å². The van der Waals surface area contributed by atoms with Crippen molar-refractivity contribution in [3.05, 3.63) is 16.2 Å². The number of anilines is 1. The van der Waals surface area contributed by atoms with Crippen molar-refractivity contribution in [2.45, 2.75) is 23.6 Å². The van der Waals surface area contributed by atoms with Crippen LogP contribution in [-0.2, 0) is 14.6 Å². The highest BCUT2D eigenvalue weighted by Crippen LogP contribution is 2.37. The van der Waals surface area contributed by atoms with Crippen molar-refractivity contribution in [2.24, 2.45) is 0 Å². The molecular weight excluding hydrogens is 342 g/mol. The van der Waals surface area contributed by atoms with Crippen molar-refractivity contribution in [3.8, 4) is 0 Å². The van der Waals surface area contributed by atoms with Gasteiger partial charge in [-0.25, -0.2) is 8.42 Å². The molecule has 0 saturated carbocycles. The van der Waals surface area contributed by atoms with Gasteiger partial charge in [-0.05, 0) is 13.8 Å². The first kappa shape index (κ1) is 18.1. The van der Waals surface area contributed by atoms with E-state index in [9.17, 15) is 18.5 Å². The molecule has 1 aliphatic rings. The maximum atomic E-state index is 11.6. The standard InChI is InChI=1S/C13H21N3O5S2/c1-13(2,15-4-6-21-7-5-15)9-14-12-10(16(17)18)8-11(22-12)23(3,19)20/h8,14H,4-7,9H2,1-3H3. The minimum Gasteiger partial charge on any atom is -0.379 e. The molecular formula is C13H21N3O5S2. The van der Waals surface area contributed by atoms with Crippen molar-refractivity contribution < 1.29 is 18.1 Å². The summed E-state index contributed by atoms with van der Waals surface area (Å²) in [6.45, 7) is 7.50. The van der Waals surface area contributed by atoms with E-state index in [0.29, 0.717) is 19.8 Å². The lowest BCUT2D eigenvalue weighted by atomic mass is 10.0. The van der Waals surface area contributed by atoms with Gasteiger partial charge in [-0.2, -0.15) is 0 Å². The molecule has 0 aromatic carbocycles. The zero-order valence-corrected chi connectivity index (χ0v) is 15.0. The van der Waals surface area contributed by atoms with Crippen molar-refractivity contribution >= 4 is 31.9 Å². The van der Waals surface area contributed by atoms with E-state index in [4.69, 9.17) is 4.74 Å². The van der Waals surface area contributed by atoms with Gasteiger partial charge in [0.1, 0.15) is 4.21 Å². The van der Waals surface area contributed by atoms with Crippen LogP contribution in [0.3, 0.4) is 0 Å². The van der Waals surface area contributed by atoms with Gasteiger partial charge in [0, 0.05) is 37.5 Å². The van der Waals surface area contributed by atoms with Gasteiger partial charge in [-0.15, -0.1) is 0 Å². The second kappa shape index (κ2) is 6.71. The molecule has 0 bridgehead atoms. The number of nitro groups is 1. The lowest BCUT2D eigenvalue weighted by molar-refractivity contribution is -0.383. The SMILES string of the molecule is CC(C)(CNc1sc(S(C)(=O)=O)cc1[N+](=O)[O-])N1CCOCC1. The summed E-state index contributed by atoms with van der Waals surface area (Å²) in [6, 6.07) is 1.12. The van der Waals surface area contributed by atoms with Gasteiger partial charge in [0.05, 0.1) is 18.1 Å². The van der Waals surface area contributed by atoms with E-state index < -0.39 is 14.8 Å². The third kappa shape index (κ3) is 4.40. The van der Waals surface area contributed by atoms with E-state index in [-0.39, 0.29) is 20.4 Å². The summed E-state index contributed by atoms with van der Waals surface area (Å²) in [7, 11) is -3.47. The zero-order chi connectivity index (χ0) is 17.3. The maximum absolute atomic E-state index is 11.6. The van der Waals surface area contributed by atoms with Crippen LogP contribution in [0, 0.1) is 10.1 Å². The number of nitrogens with one attached hydrogen (secondary N) is 1. The molecule has 1 fully saturated rings. The van der Waals surface area contributed by atoms with E-state index in [2.05, 4.69) is 10.2 Å². The number of sulfone groups is 1.